The zero-order valence-electron chi connectivity index (χ0n) is 33.2. The van der Waals surface area contributed by atoms with Crippen molar-refractivity contribution < 1.29 is 19.7 Å². The maximum absolute atomic E-state index is 12.7. The van der Waals surface area contributed by atoms with Crippen molar-refractivity contribution in [3.05, 3.63) is 65.0 Å². The first-order chi connectivity index (χ1) is 26.8. The quantitative estimate of drug-likeness (QED) is 0.0434. The van der Waals surface area contributed by atoms with Crippen LogP contribution in [0.3, 0.4) is 0 Å². The number of thiazole rings is 1. The van der Waals surface area contributed by atoms with E-state index in [0.717, 1.165) is 91.2 Å². The molecule has 14 heteroatoms. The number of aliphatic hydroxyl groups excluding tert-OH is 1. The highest BCUT2D eigenvalue weighted by Crippen LogP contribution is 2.71. The van der Waals surface area contributed by atoms with Crippen molar-refractivity contribution >= 4 is 61.9 Å². The van der Waals surface area contributed by atoms with E-state index in [1.807, 2.05) is 44.2 Å². The largest absolute Gasteiger partial charge is 0.476 e. The highest BCUT2D eigenvalue weighted by molar-refractivity contribution is 7.22. The van der Waals surface area contributed by atoms with Gasteiger partial charge < -0.3 is 41.2 Å². The first-order valence-corrected chi connectivity index (χ1v) is 20.4. The number of carbonyl (C=O) groups is 1. The molecule has 0 spiro atoms. The number of hydrogen-bond acceptors (Lipinski definition) is 13. The van der Waals surface area contributed by atoms with Crippen LogP contribution in [0.4, 0.5) is 22.6 Å². The molecule has 2 atom stereocenters. The third-order valence-electron chi connectivity index (χ3n) is 11.9. The number of ether oxygens (including phenoxy) is 1. The van der Waals surface area contributed by atoms with Crippen molar-refractivity contribution in [2.75, 3.05) is 50.1 Å². The van der Waals surface area contributed by atoms with Crippen LogP contribution in [-0.4, -0.2) is 88.1 Å². The summed E-state index contributed by atoms with van der Waals surface area (Å²) in [6, 6.07) is 13.3. The Hall–Kier alpha value is -4.50. The van der Waals surface area contributed by atoms with Gasteiger partial charge in [-0.2, -0.15) is 0 Å². The van der Waals surface area contributed by atoms with Crippen molar-refractivity contribution in [1.82, 2.24) is 30.8 Å². The van der Waals surface area contributed by atoms with Crippen LogP contribution in [0.1, 0.15) is 93.8 Å². The van der Waals surface area contributed by atoms with Crippen LogP contribution in [0.2, 0.25) is 0 Å². The molecule has 0 aliphatic heterocycles. The number of anilines is 4. The summed E-state index contributed by atoms with van der Waals surface area (Å²) in [7, 11) is 1.77. The number of nitrogens with one attached hydrogen (secondary N) is 4. The van der Waals surface area contributed by atoms with Gasteiger partial charge in [0.15, 0.2) is 22.5 Å². The molecule has 0 saturated heterocycles. The summed E-state index contributed by atoms with van der Waals surface area (Å²) < 4.78 is 7.89. The standard InChI is InChI=1S/C42H55N9O4S/c1-27-18-34(49-50-36(27)48-38-46-31-10-6-7-11-32(31)56-38)51(5)33-13-12-29(35(47-33)37(53)54)30(19-43)28(2)45-26-41-21-39(3)20-40(4,22-41)24-42(23-39,25-41)55-17-15-44-14-8-9-16-52/h6-7,10-13,18-19,43-45,52H,8-9,14-17,20-26H2,1-5H3,(H,53,54)(H,46,48,50)/b30-28+,43-19?. The van der Waals surface area contributed by atoms with Crippen LogP contribution in [-0.2, 0) is 4.74 Å². The minimum absolute atomic E-state index is 0.0280. The Morgan fingerprint density at radius 3 is 2.46 bits per heavy atom. The maximum atomic E-state index is 12.7. The van der Waals surface area contributed by atoms with Crippen molar-refractivity contribution in [3.8, 4) is 0 Å². The summed E-state index contributed by atoms with van der Waals surface area (Å²) in [4.78, 5) is 23.6. The van der Waals surface area contributed by atoms with Crippen molar-refractivity contribution in [1.29, 1.82) is 5.41 Å². The van der Waals surface area contributed by atoms with Crippen LogP contribution in [0, 0.1) is 28.6 Å². The molecule has 1 aromatic carbocycles. The minimum Gasteiger partial charge on any atom is -0.476 e. The van der Waals surface area contributed by atoms with Gasteiger partial charge in [-0.1, -0.05) is 37.3 Å². The van der Waals surface area contributed by atoms with Crippen LogP contribution < -0.4 is 20.9 Å². The summed E-state index contributed by atoms with van der Waals surface area (Å²) in [5.74, 6) is 0.299. The maximum Gasteiger partial charge on any atom is 0.355 e. The van der Waals surface area contributed by atoms with Gasteiger partial charge in [0.1, 0.15) is 5.82 Å². The third kappa shape index (κ3) is 8.29. The van der Waals surface area contributed by atoms with Gasteiger partial charge in [-0.05, 0) is 124 Å². The van der Waals surface area contributed by atoms with Crippen LogP contribution in [0.15, 0.2) is 48.2 Å². The summed E-state index contributed by atoms with van der Waals surface area (Å²) in [5.41, 5.74) is 3.49. The highest BCUT2D eigenvalue weighted by atomic mass is 32.1. The normalized spacial score (nSPS) is 25.6. The number of rotatable bonds is 18. The van der Waals surface area contributed by atoms with Gasteiger partial charge in [-0.25, -0.2) is 14.8 Å². The number of aryl methyl sites for hydroxylation is 1. The van der Waals surface area contributed by atoms with Gasteiger partial charge in [0.05, 0.1) is 22.4 Å². The van der Waals surface area contributed by atoms with Crippen molar-refractivity contribution in [3.63, 3.8) is 0 Å². The van der Waals surface area contributed by atoms with Crippen LogP contribution in [0.25, 0.3) is 15.8 Å². The van der Waals surface area contributed by atoms with E-state index >= 15 is 0 Å². The minimum atomic E-state index is -1.18. The molecule has 0 radical (unpaired) electrons. The molecule has 298 valence electrons. The van der Waals surface area contributed by atoms with E-state index in [-0.39, 0.29) is 34.1 Å². The van der Waals surface area contributed by atoms with Gasteiger partial charge in [0.2, 0.25) is 0 Å². The third-order valence-corrected chi connectivity index (χ3v) is 12.9. The molecule has 56 heavy (non-hydrogen) atoms. The van der Waals surface area contributed by atoms with Gasteiger partial charge in [0.25, 0.3) is 0 Å². The lowest BCUT2D eigenvalue weighted by Gasteiger charge is -2.69. The fourth-order valence-corrected chi connectivity index (χ4v) is 11.6. The summed E-state index contributed by atoms with van der Waals surface area (Å²) >= 11 is 1.54. The lowest BCUT2D eigenvalue weighted by atomic mass is 9.39. The van der Waals surface area contributed by atoms with Crippen molar-refractivity contribution in [2.45, 2.75) is 84.7 Å². The molecule has 2 unspecified atom stereocenters. The number of benzene rings is 1. The highest BCUT2D eigenvalue weighted by Gasteiger charge is 2.66. The molecule has 13 nitrogen and oxygen atoms in total. The molecule has 8 rings (SSSR count). The predicted molar refractivity (Wildman–Crippen MR) is 223 cm³/mol. The number of hydrogen-bond donors (Lipinski definition) is 6. The fourth-order valence-electron chi connectivity index (χ4n) is 10.7. The smallest absolute Gasteiger partial charge is 0.355 e. The first kappa shape index (κ1) is 39.7. The Balaban J connectivity index is 1.06. The van der Waals surface area contributed by atoms with E-state index < -0.39 is 5.97 Å². The lowest BCUT2D eigenvalue weighted by molar-refractivity contribution is -0.242. The molecule has 4 bridgehead atoms. The number of fused-ring (bicyclic) bond motifs is 1. The zero-order chi connectivity index (χ0) is 39.7. The number of pyridine rings is 1. The molecule has 4 aliphatic carbocycles. The van der Waals surface area contributed by atoms with Gasteiger partial charge in [0, 0.05) is 49.8 Å². The fraction of sp³-hybridized carbons (Fsp3) is 0.524. The van der Waals surface area contributed by atoms with E-state index in [0.29, 0.717) is 35.2 Å². The zero-order valence-corrected chi connectivity index (χ0v) is 34.0. The summed E-state index contributed by atoms with van der Waals surface area (Å²) in [6.07, 6.45) is 9.57. The Kier molecular flexibility index (Phi) is 11.2. The Bertz CT molecular complexity index is 2080. The van der Waals surface area contributed by atoms with Gasteiger partial charge in [-0.3, -0.25) is 0 Å². The molecule has 3 heterocycles. The van der Waals surface area contributed by atoms with Gasteiger partial charge in [-0.15, -0.1) is 10.2 Å². The van der Waals surface area contributed by atoms with Gasteiger partial charge >= 0.3 is 5.97 Å². The number of carboxylic acids is 1. The Morgan fingerprint density at radius 1 is 1.00 bits per heavy atom. The molecule has 4 aliphatic rings. The summed E-state index contributed by atoms with van der Waals surface area (Å²) in [5, 5.41) is 47.8. The monoisotopic (exact) mass is 781 g/mol. The first-order valence-electron chi connectivity index (χ1n) is 19.6. The number of para-hydroxylation sites is 1. The number of aromatic carboxylic acids is 1. The molecule has 3 aromatic heterocycles. The van der Waals surface area contributed by atoms with Crippen LogP contribution in [0.5, 0.6) is 0 Å². The number of aromatic nitrogens is 4. The predicted octanol–water partition coefficient (Wildman–Crippen LogP) is 7.47. The van der Waals surface area contributed by atoms with E-state index in [4.69, 9.17) is 15.3 Å². The molecule has 4 fully saturated rings. The Morgan fingerprint density at radius 2 is 1.77 bits per heavy atom. The van der Waals surface area contributed by atoms with E-state index in [1.54, 1.807) is 24.1 Å². The second kappa shape index (κ2) is 15.8. The average molecular weight is 782 g/mol. The number of carboxylic acid groups (broad SMARTS) is 1. The molecule has 6 N–H and O–H groups in total. The topological polar surface area (TPSA) is 181 Å². The van der Waals surface area contributed by atoms with E-state index in [2.05, 4.69) is 50.0 Å². The number of aliphatic hydroxyl groups is 1. The molecule has 0 amide bonds. The molecular formula is C42H55N9O4S. The average Bonchev–Trinajstić information content (AvgIpc) is 3.55. The van der Waals surface area contributed by atoms with E-state index in [9.17, 15) is 9.90 Å². The lowest BCUT2D eigenvalue weighted by Crippen LogP contribution is -2.65. The number of allylic oxidation sites excluding steroid dienone is 2. The molecular weight excluding hydrogens is 727 g/mol. The summed E-state index contributed by atoms with van der Waals surface area (Å²) in [6.45, 7) is 12.0. The van der Waals surface area contributed by atoms with Crippen LogP contribution >= 0.6 is 11.3 Å². The number of nitrogens with zero attached hydrogens (tertiary/aromatic N) is 5. The van der Waals surface area contributed by atoms with Crippen molar-refractivity contribution in [2.24, 2.45) is 16.2 Å². The number of unbranched alkanes of at least 4 members (excludes halogenated alkanes) is 1. The Labute approximate surface area is 332 Å². The molecule has 4 aromatic rings. The second-order valence-corrected chi connectivity index (χ2v) is 18.2. The molecule has 4 saturated carbocycles. The second-order valence-electron chi connectivity index (χ2n) is 17.2. The van der Waals surface area contributed by atoms with E-state index in [1.165, 1.54) is 24.0 Å². The SMILES string of the molecule is C/C(NCC12CC3(C)CC(C)(C1)CC(OCCNCCCCO)(C3)C2)=C(/C=N)c1ccc(N(C)c2cc(C)c(Nc3nc4ccccc4s3)nn2)nc1C(=O)O.